The molecule has 18 heavy (non-hydrogen) atoms. The standard InChI is InChI=1S/C16H22O2/c1-3-12-8-7-9-13(4-2)14(12)16(15(17)18)10-5-6-11-16/h7-9H,3-6,10-11H2,1-2H3,(H,17,18). The van der Waals surface area contributed by atoms with Crippen LogP contribution in [-0.2, 0) is 23.1 Å². The number of hydrogen-bond acceptors (Lipinski definition) is 1. The summed E-state index contributed by atoms with van der Waals surface area (Å²) in [5.41, 5.74) is 2.95. The Balaban J connectivity index is 2.63. The zero-order chi connectivity index (χ0) is 13.2. The maximum Gasteiger partial charge on any atom is 0.314 e. The van der Waals surface area contributed by atoms with Gasteiger partial charge in [-0.15, -0.1) is 0 Å². The summed E-state index contributed by atoms with van der Waals surface area (Å²) in [6.07, 6.45) is 5.50. The summed E-state index contributed by atoms with van der Waals surface area (Å²) in [5.74, 6) is -0.629. The molecule has 1 fully saturated rings. The molecule has 2 nitrogen and oxygen atoms in total. The molecule has 0 radical (unpaired) electrons. The average Bonchev–Trinajstić information content (AvgIpc) is 2.88. The van der Waals surface area contributed by atoms with E-state index in [1.165, 1.54) is 11.1 Å². The van der Waals surface area contributed by atoms with Crippen LogP contribution in [0, 0.1) is 0 Å². The first-order chi connectivity index (χ1) is 8.65. The highest BCUT2D eigenvalue weighted by molar-refractivity contribution is 5.83. The van der Waals surface area contributed by atoms with E-state index >= 15 is 0 Å². The SMILES string of the molecule is CCc1cccc(CC)c1C1(C(=O)O)CCCC1. The number of benzene rings is 1. The van der Waals surface area contributed by atoms with E-state index in [4.69, 9.17) is 0 Å². The van der Waals surface area contributed by atoms with Gasteiger partial charge in [0.2, 0.25) is 0 Å². The van der Waals surface area contributed by atoms with Gasteiger partial charge in [0.25, 0.3) is 0 Å². The molecule has 0 saturated heterocycles. The van der Waals surface area contributed by atoms with Crippen molar-refractivity contribution < 1.29 is 9.90 Å². The van der Waals surface area contributed by atoms with Crippen LogP contribution in [0.2, 0.25) is 0 Å². The van der Waals surface area contributed by atoms with E-state index in [0.29, 0.717) is 0 Å². The number of carboxylic acid groups (broad SMARTS) is 1. The second kappa shape index (κ2) is 5.13. The Morgan fingerprint density at radius 2 is 1.67 bits per heavy atom. The lowest BCUT2D eigenvalue weighted by atomic mass is 9.73. The predicted octanol–water partition coefficient (Wildman–Crippen LogP) is 3.71. The van der Waals surface area contributed by atoms with E-state index in [9.17, 15) is 9.90 Å². The molecule has 1 N–H and O–H groups in total. The first kappa shape index (κ1) is 13.1. The van der Waals surface area contributed by atoms with Crippen LogP contribution in [-0.4, -0.2) is 11.1 Å². The highest BCUT2D eigenvalue weighted by Gasteiger charge is 2.44. The third-order valence-electron chi connectivity index (χ3n) is 4.34. The van der Waals surface area contributed by atoms with Crippen molar-refractivity contribution in [2.24, 2.45) is 0 Å². The second-order valence-electron chi connectivity index (χ2n) is 5.25. The fourth-order valence-corrected chi connectivity index (χ4v) is 3.41. The summed E-state index contributed by atoms with van der Waals surface area (Å²) < 4.78 is 0. The van der Waals surface area contributed by atoms with Gasteiger partial charge in [0.1, 0.15) is 0 Å². The van der Waals surface area contributed by atoms with Gasteiger partial charge in [-0.05, 0) is 42.4 Å². The molecular weight excluding hydrogens is 224 g/mol. The predicted molar refractivity (Wildman–Crippen MR) is 73.0 cm³/mol. The highest BCUT2D eigenvalue weighted by Crippen LogP contribution is 2.44. The number of rotatable bonds is 4. The van der Waals surface area contributed by atoms with Crippen LogP contribution in [0.5, 0.6) is 0 Å². The normalized spacial score (nSPS) is 17.9. The summed E-state index contributed by atoms with van der Waals surface area (Å²) in [6.45, 7) is 4.23. The number of aryl methyl sites for hydroxylation is 2. The second-order valence-corrected chi connectivity index (χ2v) is 5.25. The summed E-state index contributed by atoms with van der Waals surface area (Å²) in [6, 6.07) is 6.25. The molecule has 1 aromatic carbocycles. The van der Waals surface area contributed by atoms with E-state index in [2.05, 4.69) is 32.0 Å². The van der Waals surface area contributed by atoms with E-state index in [-0.39, 0.29) is 0 Å². The lowest BCUT2D eigenvalue weighted by molar-refractivity contribution is -0.143. The van der Waals surface area contributed by atoms with E-state index in [1.807, 2.05) is 0 Å². The molecule has 1 aliphatic rings. The van der Waals surface area contributed by atoms with Crippen LogP contribution in [0.15, 0.2) is 18.2 Å². The Kier molecular flexibility index (Phi) is 3.74. The molecular formula is C16H22O2. The zero-order valence-electron chi connectivity index (χ0n) is 11.3. The number of carbonyl (C=O) groups is 1. The molecule has 0 unspecified atom stereocenters. The van der Waals surface area contributed by atoms with Crippen LogP contribution in [0.4, 0.5) is 0 Å². The largest absolute Gasteiger partial charge is 0.481 e. The summed E-state index contributed by atoms with van der Waals surface area (Å²) in [4.78, 5) is 11.9. The first-order valence-corrected chi connectivity index (χ1v) is 7.00. The molecule has 2 heteroatoms. The smallest absolute Gasteiger partial charge is 0.314 e. The molecule has 0 bridgehead atoms. The van der Waals surface area contributed by atoms with Gasteiger partial charge in [0, 0.05) is 0 Å². The van der Waals surface area contributed by atoms with Crippen molar-refractivity contribution in [1.82, 2.24) is 0 Å². The minimum Gasteiger partial charge on any atom is -0.481 e. The quantitative estimate of drug-likeness (QED) is 0.879. The zero-order valence-corrected chi connectivity index (χ0v) is 11.3. The fraction of sp³-hybridized carbons (Fsp3) is 0.562. The maximum atomic E-state index is 11.9. The minimum absolute atomic E-state index is 0.613. The van der Waals surface area contributed by atoms with Gasteiger partial charge in [0.05, 0.1) is 5.41 Å². The Morgan fingerprint density at radius 1 is 1.17 bits per heavy atom. The van der Waals surface area contributed by atoms with Crippen LogP contribution < -0.4 is 0 Å². The Labute approximate surface area is 109 Å². The lowest BCUT2D eigenvalue weighted by Gasteiger charge is -2.29. The van der Waals surface area contributed by atoms with E-state index in [0.717, 1.165) is 44.1 Å². The number of hydrogen-bond donors (Lipinski definition) is 1. The number of aliphatic carboxylic acids is 1. The van der Waals surface area contributed by atoms with Crippen molar-refractivity contribution in [3.8, 4) is 0 Å². The summed E-state index contributed by atoms with van der Waals surface area (Å²) in [7, 11) is 0. The average molecular weight is 246 g/mol. The molecule has 0 heterocycles. The molecule has 98 valence electrons. The maximum absolute atomic E-state index is 11.9. The van der Waals surface area contributed by atoms with Gasteiger partial charge in [-0.3, -0.25) is 4.79 Å². The Morgan fingerprint density at radius 3 is 2.06 bits per heavy atom. The Hall–Kier alpha value is -1.31. The molecule has 0 amide bonds. The van der Waals surface area contributed by atoms with Gasteiger partial charge < -0.3 is 5.11 Å². The van der Waals surface area contributed by atoms with Crippen molar-refractivity contribution in [2.75, 3.05) is 0 Å². The summed E-state index contributed by atoms with van der Waals surface area (Å²) >= 11 is 0. The third kappa shape index (κ3) is 1.94. The molecule has 1 aliphatic carbocycles. The van der Waals surface area contributed by atoms with Gasteiger partial charge in [-0.1, -0.05) is 44.9 Å². The van der Waals surface area contributed by atoms with Crippen molar-refractivity contribution in [3.63, 3.8) is 0 Å². The van der Waals surface area contributed by atoms with Gasteiger partial charge in [-0.25, -0.2) is 0 Å². The summed E-state index contributed by atoms with van der Waals surface area (Å²) in [5, 5.41) is 9.76. The minimum atomic E-state index is -0.629. The Bertz CT molecular complexity index is 420. The molecule has 1 aromatic rings. The monoisotopic (exact) mass is 246 g/mol. The van der Waals surface area contributed by atoms with Crippen LogP contribution >= 0.6 is 0 Å². The van der Waals surface area contributed by atoms with Crippen LogP contribution in [0.3, 0.4) is 0 Å². The molecule has 0 atom stereocenters. The molecule has 0 aliphatic heterocycles. The van der Waals surface area contributed by atoms with Crippen molar-refractivity contribution >= 4 is 5.97 Å². The highest BCUT2D eigenvalue weighted by atomic mass is 16.4. The number of carboxylic acids is 1. The van der Waals surface area contributed by atoms with Crippen molar-refractivity contribution in [3.05, 3.63) is 34.9 Å². The van der Waals surface area contributed by atoms with Crippen LogP contribution in [0.25, 0.3) is 0 Å². The molecule has 0 aromatic heterocycles. The third-order valence-corrected chi connectivity index (χ3v) is 4.34. The van der Waals surface area contributed by atoms with E-state index < -0.39 is 11.4 Å². The van der Waals surface area contributed by atoms with Gasteiger partial charge in [0.15, 0.2) is 0 Å². The first-order valence-electron chi connectivity index (χ1n) is 7.00. The molecule has 1 saturated carbocycles. The topological polar surface area (TPSA) is 37.3 Å². The molecule has 0 spiro atoms. The van der Waals surface area contributed by atoms with Crippen molar-refractivity contribution in [1.29, 1.82) is 0 Å². The van der Waals surface area contributed by atoms with Gasteiger partial charge >= 0.3 is 5.97 Å². The lowest BCUT2D eigenvalue weighted by Crippen LogP contribution is -2.34. The van der Waals surface area contributed by atoms with Crippen molar-refractivity contribution in [2.45, 2.75) is 57.8 Å². The van der Waals surface area contributed by atoms with Crippen LogP contribution in [0.1, 0.15) is 56.2 Å². The molecule has 2 rings (SSSR count). The van der Waals surface area contributed by atoms with Gasteiger partial charge in [-0.2, -0.15) is 0 Å². The fourth-order valence-electron chi connectivity index (χ4n) is 3.41. The van der Waals surface area contributed by atoms with E-state index in [1.54, 1.807) is 0 Å².